The summed E-state index contributed by atoms with van der Waals surface area (Å²) in [6, 6.07) is 10.9. The van der Waals surface area contributed by atoms with E-state index in [0.717, 1.165) is 0 Å². The molecule has 9 heteroatoms. The van der Waals surface area contributed by atoms with Crippen molar-refractivity contribution >= 4 is 38.3 Å². The smallest absolute Gasteiger partial charge is 0.267 e. The Balaban J connectivity index is 1.95. The molecule has 128 valence electrons. The molecule has 3 aromatic rings. The monoisotopic (exact) mass is 358 g/mol. The molecule has 1 amide bonds. The summed E-state index contributed by atoms with van der Waals surface area (Å²) in [6.45, 7) is 1.69. The summed E-state index contributed by atoms with van der Waals surface area (Å²) >= 11 is 0. The van der Waals surface area contributed by atoms with Gasteiger partial charge in [0.2, 0.25) is 5.91 Å². The molecule has 2 aromatic carbocycles. The summed E-state index contributed by atoms with van der Waals surface area (Å²) in [7, 11) is -3.99. The van der Waals surface area contributed by atoms with E-state index in [1.807, 2.05) is 0 Å². The number of para-hydroxylation sites is 2. The van der Waals surface area contributed by atoms with E-state index in [2.05, 4.69) is 20.3 Å². The zero-order valence-electron chi connectivity index (χ0n) is 13.2. The number of rotatable bonds is 2. The standard InChI is InChI=1S/C16H14N4O4S/c1-10-9-15(21)17-11-5-2-3-7-13(11)20(10)25(22,23)14-8-4-6-12-16(14)19-24-18-12/h2-8,10H,9H2,1H3,(H,17,21)/t10-/m0/s1. The fourth-order valence-corrected chi connectivity index (χ4v) is 4.84. The summed E-state index contributed by atoms with van der Waals surface area (Å²) in [5.41, 5.74) is 1.38. The van der Waals surface area contributed by atoms with Crippen molar-refractivity contribution in [1.29, 1.82) is 0 Å². The third-order valence-corrected chi connectivity index (χ3v) is 6.04. The van der Waals surface area contributed by atoms with Gasteiger partial charge in [-0.3, -0.25) is 9.10 Å². The number of carbonyl (C=O) groups excluding carboxylic acids is 1. The molecule has 2 heterocycles. The van der Waals surface area contributed by atoms with Crippen molar-refractivity contribution in [2.24, 2.45) is 0 Å². The van der Waals surface area contributed by atoms with Gasteiger partial charge >= 0.3 is 0 Å². The van der Waals surface area contributed by atoms with Gasteiger partial charge in [0.1, 0.15) is 10.4 Å². The topological polar surface area (TPSA) is 105 Å². The second kappa shape index (κ2) is 5.55. The lowest BCUT2D eigenvalue weighted by Gasteiger charge is -2.29. The van der Waals surface area contributed by atoms with Crippen LogP contribution in [0, 0.1) is 0 Å². The summed E-state index contributed by atoms with van der Waals surface area (Å²) in [4.78, 5) is 12.1. The molecule has 0 unspecified atom stereocenters. The van der Waals surface area contributed by atoms with Gasteiger partial charge < -0.3 is 5.32 Å². The van der Waals surface area contributed by atoms with Gasteiger partial charge in [0, 0.05) is 6.42 Å². The first-order valence-corrected chi connectivity index (χ1v) is 9.07. The van der Waals surface area contributed by atoms with Gasteiger partial charge in [-0.1, -0.05) is 18.2 Å². The Bertz CT molecular complexity index is 1080. The Morgan fingerprint density at radius 2 is 1.96 bits per heavy atom. The number of fused-ring (bicyclic) bond motifs is 2. The van der Waals surface area contributed by atoms with Gasteiger partial charge in [0.05, 0.1) is 17.4 Å². The van der Waals surface area contributed by atoms with Gasteiger partial charge in [0.15, 0.2) is 5.52 Å². The minimum absolute atomic E-state index is 0.0118. The summed E-state index contributed by atoms with van der Waals surface area (Å²) in [5.74, 6) is -0.237. The van der Waals surface area contributed by atoms with Crippen LogP contribution in [0.4, 0.5) is 11.4 Å². The van der Waals surface area contributed by atoms with Crippen molar-refractivity contribution in [3.05, 3.63) is 42.5 Å². The number of sulfonamides is 1. The molecule has 1 aliphatic heterocycles. The number of hydrogen-bond acceptors (Lipinski definition) is 6. The van der Waals surface area contributed by atoms with Crippen LogP contribution in [-0.2, 0) is 14.8 Å². The fourth-order valence-electron chi connectivity index (χ4n) is 3.02. The van der Waals surface area contributed by atoms with Crippen molar-refractivity contribution in [3.8, 4) is 0 Å². The quantitative estimate of drug-likeness (QED) is 0.752. The largest absolute Gasteiger partial charge is 0.324 e. The van der Waals surface area contributed by atoms with Crippen LogP contribution >= 0.6 is 0 Å². The molecule has 0 radical (unpaired) electrons. The van der Waals surface area contributed by atoms with Crippen molar-refractivity contribution in [2.45, 2.75) is 24.3 Å². The third kappa shape index (κ3) is 2.43. The van der Waals surface area contributed by atoms with Crippen LogP contribution in [0.5, 0.6) is 0 Å². The average Bonchev–Trinajstić information content (AvgIpc) is 2.99. The molecule has 0 spiro atoms. The molecule has 0 saturated carbocycles. The number of hydrogen-bond donors (Lipinski definition) is 1. The fraction of sp³-hybridized carbons (Fsp3) is 0.188. The van der Waals surface area contributed by atoms with Gasteiger partial charge in [0.25, 0.3) is 10.0 Å². The second-order valence-corrected chi connectivity index (χ2v) is 7.59. The molecule has 25 heavy (non-hydrogen) atoms. The average molecular weight is 358 g/mol. The van der Waals surface area contributed by atoms with E-state index in [-0.39, 0.29) is 22.7 Å². The Hall–Kier alpha value is -2.94. The summed E-state index contributed by atoms with van der Waals surface area (Å²) in [6.07, 6.45) is 0.0426. The molecule has 0 aliphatic carbocycles. The number of anilines is 2. The maximum atomic E-state index is 13.4. The third-order valence-electron chi connectivity index (χ3n) is 4.08. The minimum Gasteiger partial charge on any atom is -0.324 e. The summed E-state index contributed by atoms with van der Waals surface area (Å²) in [5, 5.41) is 10.2. The highest BCUT2D eigenvalue weighted by atomic mass is 32.2. The van der Waals surface area contributed by atoms with Crippen molar-refractivity contribution < 1.29 is 17.8 Å². The van der Waals surface area contributed by atoms with E-state index >= 15 is 0 Å². The van der Waals surface area contributed by atoms with Gasteiger partial charge in [-0.2, -0.15) is 0 Å². The van der Waals surface area contributed by atoms with E-state index in [1.165, 1.54) is 10.4 Å². The number of carbonyl (C=O) groups is 1. The first-order valence-electron chi connectivity index (χ1n) is 7.63. The van der Waals surface area contributed by atoms with Crippen LogP contribution in [0.3, 0.4) is 0 Å². The molecule has 0 bridgehead atoms. The van der Waals surface area contributed by atoms with Crippen molar-refractivity contribution in [3.63, 3.8) is 0 Å². The van der Waals surface area contributed by atoms with Crippen LogP contribution in [0.2, 0.25) is 0 Å². The van der Waals surface area contributed by atoms with Crippen molar-refractivity contribution in [2.75, 3.05) is 9.62 Å². The molecule has 1 aliphatic rings. The maximum Gasteiger partial charge on any atom is 0.267 e. The van der Waals surface area contributed by atoms with E-state index in [1.54, 1.807) is 43.3 Å². The first-order chi connectivity index (χ1) is 12.0. The Morgan fingerprint density at radius 3 is 2.80 bits per heavy atom. The zero-order chi connectivity index (χ0) is 17.6. The molecule has 1 N–H and O–H groups in total. The van der Waals surface area contributed by atoms with Crippen LogP contribution in [0.25, 0.3) is 11.0 Å². The van der Waals surface area contributed by atoms with Crippen molar-refractivity contribution in [1.82, 2.24) is 10.3 Å². The first kappa shape index (κ1) is 15.6. The van der Waals surface area contributed by atoms with Crippen LogP contribution in [0.15, 0.2) is 52.0 Å². The highest BCUT2D eigenvalue weighted by molar-refractivity contribution is 7.93. The number of nitrogens with zero attached hydrogens (tertiary/aromatic N) is 3. The number of nitrogens with one attached hydrogen (secondary N) is 1. The van der Waals surface area contributed by atoms with E-state index in [9.17, 15) is 13.2 Å². The number of benzene rings is 2. The molecule has 1 aromatic heterocycles. The zero-order valence-corrected chi connectivity index (χ0v) is 14.0. The predicted octanol–water partition coefficient (Wildman–Crippen LogP) is 2.15. The molecule has 8 nitrogen and oxygen atoms in total. The maximum absolute atomic E-state index is 13.4. The molecule has 1 atom stereocenters. The molecule has 0 fully saturated rings. The molecule has 0 saturated heterocycles. The van der Waals surface area contributed by atoms with Gasteiger partial charge in [-0.15, -0.1) is 0 Å². The van der Waals surface area contributed by atoms with Crippen LogP contribution < -0.4 is 9.62 Å². The highest BCUT2D eigenvalue weighted by Gasteiger charge is 2.36. The van der Waals surface area contributed by atoms with Gasteiger partial charge in [-0.25, -0.2) is 13.0 Å². The van der Waals surface area contributed by atoms with Gasteiger partial charge in [-0.05, 0) is 41.5 Å². The lowest BCUT2D eigenvalue weighted by atomic mass is 10.2. The van der Waals surface area contributed by atoms with Crippen LogP contribution in [0.1, 0.15) is 13.3 Å². The molecular weight excluding hydrogens is 344 g/mol. The highest BCUT2D eigenvalue weighted by Crippen LogP contribution is 2.36. The van der Waals surface area contributed by atoms with E-state index in [0.29, 0.717) is 16.9 Å². The Morgan fingerprint density at radius 1 is 1.16 bits per heavy atom. The molecular formula is C16H14N4O4S. The van der Waals surface area contributed by atoms with E-state index < -0.39 is 16.1 Å². The summed E-state index contributed by atoms with van der Waals surface area (Å²) < 4.78 is 32.7. The van der Waals surface area contributed by atoms with Crippen LogP contribution in [-0.4, -0.2) is 30.7 Å². The normalized spacial score (nSPS) is 17.9. The Labute approximate surface area is 143 Å². The SMILES string of the molecule is C[C@H]1CC(=O)Nc2ccccc2N1S(=O)(=O)c1cccc2nonc12. The minimum atomic E-state index is -3.99. The number of amides is 1. The molecule has 4 rings (SSSR count). The van der Waals surface area contributed by atoms with E-state index in [4.69, 9.17) is 0 Å². The number of aromatic nitrogens is 2. The predicted molar refractivity (Wildman–Crippen MR) is 90.6 cm³/mol. The lowest BCUT2D eigenvalue weighted by Crippen LogP contribution is -2.39. The lowest BCUT2D eigenvalue weighted by molar-refractivity contribution is -0.116. The second-order valence-electron chi connectivity index (χ2n) is 5.81. The Kier molecular flexibility index (Phi) is 3.46.